The maximum Gasteiger partial charge on any atom is 0.228 e. The van der Waals surface area contributed by atoms with Crippen LogP contribution < -0.4 is 16.2 Å². The molecule has 0 aliphatic carbocycles. The first-order valence-electron chi connectivity index (χ1n) is 7.07. The molecule has 0 aromatic carbocycles. The Hall–Kier alpha value is -2.45. The summed E-state index contributed by atoms with van der Waals surface area (Å²) in [4.78, 5) is 21.9. The van der Waals surface area contributed by atoms with Gasteiger partial charge in [-0.3, -0.25) is 14.8 Å². The number of nitrogens with two attached hydrogens (primary N) is 1. The first-order valence-corrected chi connectivity index (χ1v) is 7.45. The fraction of sp³-hybridized carbons (Fsp3) is 0.286. The van der Waals surface area contributed by atoms with Gasteiger partial charge < -0.3 is 10.3 Å². The second kappa shape index (κ2) is 8.25. The second-order valence-corrected chi connectivity index (χ2v) is 4.91. The zero-order valence-electron chi connectivity index (χ0n) is 12.7. The van der Waals surface area contributed by atoms with Crippen LogP contribution in [0.1, 0.15) is 13.3 Å². The molecule has 0 unspecified atom stereocenters. The van der Waals surface area contributed by atoms with E-state index in [-0.39, 0.29) is 17.5 Å². The minimum atomic E-state index is -0.0886. The van der Waals surface area contributed by atoms with Crippen molar-refractivity contribution in [3.63, 3.8) is 0 Å². The Labute approximate surface area is 138 Å². The molecule has 23 heavy (non-hydrogen) atoms. The summed E-state index contributed by atoms with van der Waals surface area (Å²) in [6.45, 7) is 2.70. The Kier molecular flexibility index (Phi) is 6.07. The van der Waals surface area contributed by atoms with Gasteiger partial charge in [-0.15, -0.1) is 0 Å². The number of nitrogens with zero attached hydrogens (tertiary/aromatic N) is 5. The van der Waals surface area contributed by atoms with E-state index in [4.69, 9.17) is 17.4 Å². The number of halogens is 1. The van der Waals surface area contributed by atoms with Crippen LogP contribution in [0.4, 0.5) is 5.69 Å². The summed E-state index contributed by atoms with van der Waals surface area (Å²) < 4.78 is 1.59. The number of pyridine rings is 1. The van der Waals surface area contributed by atoms with E-state index in [1.54, 1.807) is 34.2 Å². The van der Waals surface area contributed by atoms with Crippen LogP contribution in [0.2, 0.25) is 5.15 Å². The highest BCUT2D eigenvalue weighted by Gasteiger charge is 2.19. The lowest BCUT2D eigenvalue weighted by molar-refractivity contribution is -0.118. The molecule has 0 atom stereocenters. The van der Waals surface area contributed by atoms with Crippen molar-refractivity contribution in [3.05, 3.63) is 35.9 Å². The molecule has 0 saturated heterocycles. The van der Waals surface area contributed by atoms with Crippen LogP contribution in [-0.2, 0) is 4.79 Å². The van der Waals surface area contributed by atoms with E-state index in [1.807, 2.05) is 13.0 Å². The average molecular weight is 336 g/mol. The molecule has 2 aromatic heterocycles. The van der Waals surface area contributed by atoms with Gasteiger partial charge in [0.05, 0.1) is 24.4 Å². The van der Waals surface area contributed by atoms with Gasteiger partial charge in [-0.1, -0.05) is 11.6 Å². The lowest BCUT2D eigenvalue weighted by Gasteiger charge is -2.18. The highest BCUT2D eigenvalue weighted by atomic mass is 35.5. The molecule has 3 N–H and O–H groups in total. The van der Waals surface area contributed by atoms with Crippen molar-refractivity contribution < 1.29 is 4.79 Å². The number of carbonyl (C=O) groups is 1. The number of rotatable bonds is 7. The Balaban J connectivity index is 2.16. The number of amides is 1. The van der Waals surface area contributed by atoms with E-state index in [0.29, 0.717) is 18.8 Å². The smallest absolute Gasteiger partial charge is 0.228 e. The van der Waals surface area contributed by atoms with Crippen molar-refractivity contribution in [2.24, 2.45) is 10.8 Å². The quantitative estimate of drug-likeness (QED) is 0.342. The first-order chi connectivity index (χ1) is 11.2. The molecule has 0 radical (unpaired) electrons. The molecular weight excluding hydrogens is 318 g/mol. The molecule has 2 rings (SSSR count). The SMILES string of the molecule is CCN(C(=O)CCN=CNN)c1cn(-c2cccnc2)nc1Cl. The van der Waals surface area contributed by atoms with Gasteiger partial charge in [-0.25, -0.2) is 10.5 Å². The normalized spacial score (nSPS) is 10.9. The Bertz CT molecular complexity index is 671. The van der Waals surface area contributed by atoms with Gasteiger partial charge in [0.25, 0.3) is 0 Å². The monoisotopic (exact) mass is 335 g/mol. The number of aromatic nitrogens is 3. The van der Waals surface area contributed by atoms with Crippen LogP contribution in [0.15, 0.2) is 35.7 Å². The molecule has 2 aromatic rings. The maximum atomic E-state index is 12.3. The minimum absolute atomic E-state index is 0.0886. The molecule has 122 valence electrons. The predicted octanol–water partition coefficient (Wildman–Crippen LogP) is 1.16. The number of hydrogen-bond acceptors (Lipinski definition) is 5. The van der Waals surface area contributed by atoms with Gasteiger partial charge in [0.1, 0.15) is 5.69 Å². The molecular formula is C14H18ClN7O. The number of nitrogens with one attached hydrogen (secondary N) is 1. The molecule has 1 amide bonds. The third-order valence-electron chi connectivity index (χ3n) is 3.09. The van der Waals surface area contributed by atoms with Gasteiger partial charge in [0, 0.05) is 25.7 Å². The third-order valence-corrected chi connectivity index (χ3v) is 3.36. The van der Waals surface area contributed by atoms with Gasteiger partial charge in [0.15, 0.2) is 5.15 Å². The molecule has 8 nitrogen and oxygen atoms in total. The number of hydrazine groups is 1. The summed E-state index contributed by atoms with van der Waals surface area (Å²) >= 11 is 6.19. The van der Waals surface area contributed by atoms with Crippen molar-refractivity contribution in [2.75, 3.05) is 18.0 Å². The fourth-order valence-corrected chi connectivity index (χ4v) is 2.27. The Morgan fingerprint density at radius 2 is 2.43 bits per heavy atom. The lowest BCUT2D eigenvalue weighted by atomic mass is 10.3. The van der Waals surface area contributed by atoms with Gasteiger partial charge in [-0.2, -0.15) is 5.10 Å². The molecule has 0 saturated carbocycles. The number of hydrogen-bond donors (Lipinski definition) is 2. The van der Waals surface area contributed by atoms with Crippen LogP contribution in [0.25, 0.3) is 5.69 Å². The fourth-order valence-electron chi connectivity index (χ4n) is 2.04. The van der Waals surface area contributed by atoms with E-state index < -0.39 is 0 Å². The molecule has 2 heterocycles. The summed E-state index contributed by atoms with van der Waals surface area (Å²) in [5.74, 6) is 4.98. The summed E-state index contributed by atoms with van der Waals surface area (Å²) in [6, 6.07) is 3.66. The molecule has 0 spiro atoms. The van der Waals surface area contributed by atoms with Crippen molar-refractivity contribution >= 4 is 29.5 Å². The summed E-state index contributed by atoms with van der Waals surface area (Å²) in [5.41, 5.74) is 3.62. The summed E-state index contributed by atoms with van der Waals surface area (Å²) in [7, 11) is 0. The Morgan fingerprint density at radius 3 is 3.09 bits per heavy atom. The zero-order chi connectivity index (χ0) is 16.7. The van der Waals surface area contributed by atoms with Gasteiger partial charge in [0.2, 0.25) is 5.91 Å². The van der Waals surface area contributed by atoms with Crippen molar-refractivity contribution in [1.82, 2.24) is 20.2 Å². The van der Waals surface area contributed by atoms with Crippen molar-refractivity contribution in [1.29, 1.82) is 0 Å². The number of carbonyl (C=O) groups excluding carboxylic acids is 1. The van der Waals surface area contributed by atoms with Gasteiger partial charge >= 0.3 is 0 Å². The molecule has 0 aliphatic rings. The largest absolute Gasteiger partial charge is 0.315 e. The van der Waals surface area contributed by atoms with Crippen molar-refractivity contribution in [3.8, 4) is 5.69 Å². The molecule has 9 heteroatoms. The molecule has 0 bridgehead atoms. The van der Waals surface area contributed by atoms with Crippen LogP contribution in [0.5, 0.6) is 0 Å². The van der Waals surface area contributed by atoms with E-state index in [2.05, 4.69) is 20.5 Å². The summed E-state index contributed by atoms with van der Waals surface area (Å²) in [6.07, 6.45) is 6.65. The Morgan fingerprint density at radius 1 is 1.61 bits per heavy atom. The van der Waals surface area contributed by atoms with Crippen LogP contribution in [-0.4, -0.2) is 40.1 Å². The topological polar surface area (TPSA) is 101 Å². The van der Waals surface area contributed by atoms with Crippen molar-refractivity contribution in [2.45, 2.75) is 13.3 Å². The number of aliphatic imine (C=N–C) groups is 1. The van der Waals surface area contributed by atoms with Gasteiger partial charge in [-0.05, 0) is 19.1 Å². The van der Waals surface area contributed by atoms with E-state index in [1.165, 1.54) is 6.34 Å². The standard InChI is InChI=1S/C14H18ClN7O/c1-2-21(13(23)5-7-18-10-19-16)12-9-22(20-14(12)15)11-4-3-6-17-8-11/h3-4,6,8-10H,2,5,7,16H2,1H3,(H,18,19). The molecule has 0 fully saturated rings. The predicted molar refractivity (Wildman–Crippen MR) is 89.7 cm³/mol. The van der Waals surface area contributed by atoms with E-state index in [0.717, 1.165) is 5.69 Å². The maximum absolute atomic E-state index is 12.3. The first kappa shape index (κ1) is 16.9. The third kappa shape index (κ3) is 4.27. The minimum Gasteiger partial charge on any atom is -0.315 e. The second-order valence-electron chi connectivity index (χ2n) is 4.55. The van der Waals surface area contributed by atoms with Crippen LogP contribution >= 0.6 is 11.6 Å². The highest BCUT2D eigenvalue weighted by Crippen LogP contribution is 2.26. The van der Waals surface area contributed by atoms with E-state index in [9.17, 15) is 4.79 Å². The van der Waals surface area contributed by atoms with Crippen LogP contribution in [0.3, 0.4) is 0 Å². The summed E-state index contributed by atoms with van der Waals surface area (Å²) in [5, 5.41) is 4.49. The lowest BCUT2D eigenvalue weighted by Crippen LogP contribution is -2.31. The highest BCUT2D eigenvalue weighted by molar-refractivity contribution is 6.32. The average Bonchev–Trinajstić information content (AvgIpc) is 2.95. The van der Waals surface area contributed by atoms with Crippen LogP contribution in [0, 0.1) is 0 Å². The number of anilines is 1. The molecule has 0 aliphatic heterocycles. The van der Waals surface area contributed by atoms with E-state index >= 15 is 0 Å². The zero-order valence-corrected chi connectivity index (χ0v) is 13.4.